The molecule has 2 aromatic rings. The zero-order valence-electron chi connectivity index (χ0n) is 19.0. The van der Waals surface area contributed by atoms with E-state index in [0.717, 1.165) is 12.1 Å². The molecule has 2 aliphatic rings. The number of anilines is 1. The number of halogens is 4. The van der Waals surface area contributed by atoms with E-state index in [9.17, 15) is 26.4 Å². The van der Waals surface area contributed by atoms with E-state index < -0.39 is 21.8 Å². The van der Waals surface area contributed by atoms with Crippen LogP contribution < -0.4 is 4.90 Å². The van der Waals surface area contributed by atoms with E-state index in [1.165, 1.54) is 10.4 Å². The Morgan fingerprint density at radius 3 is 2.23 bits per heavy atom. The number of carbonyl (C=O) groups excluding carboxylic acids is 1. The van der Waals surface area contributed by atoms with Crippen LogP contribution in [0.25, 0.3) is 0 Å². The SMILES string of the molecule is O=C(C1CCN(S(=O)(=O)Cc2cccc(Cl)c2)CC1)N1CCN(c2cccc(C(F)(F)F)c2)CC1. The highest BCUT2D eigenvalue weighted by atomic mass is 35.5. The van der Waals surface area contributed by atoms with Crippen LogP contribution in [-0.4, -0.2) is 62.8 Å². The summed E-state index contributed by atoms with van der Waals surface area (Å²) in [6.45, 7) is 2.29. The van der Waals surface area contributed by atoms with Gasteiger partial charge in [-0.2, -0.15) is 13.2 Å². The Labute approximate surface area is 208 Å². The third-order valence-corrected chi connectivity index (χ3v) is 8.65. The third kappa shape index (κ3) is 6.29. The first-order chi connectivity index (χ1) is 16.5. The number of piperidine rings is 1. The first-order valence-electron chi connectivity index (χ1n) is 11.5. The standard InChI is InChI=1S/C24H27ClF3N3O3S/c25-21-5-1-3-18(15-21)17-35(33,34)31-9-7-19(8-10-31)23(32)30-13-11-29(12-14-30)22-6-2-4-20(16-22)24(26,27)28/h1-6,15-16,19H,7-14,17H2. The Morgan fingerprint density at radius 1 is 0.943 bits per heavy atom. The van der Waals surface area contributed by atoms with E-state index in [4.69, 9.17) is 11.6 Å². The maximum atomic E-state index is 13.0. The van der Waals surface area contributed by atoms with Crippen LogP contribution >= 0.6 is 11.6 Å². The van der Waals surface area contributed by atoms with Crippen LogP contribution in [0.2, 0.25) is 5.02 Å². The van der Waals surface area contributed by atoms with Crippen LogP contribution in [0.5, 0.6) is 0 Å². The van der Waals surface area contributed by atoms with Crippen molar-refractivity contribution in [1.82, 2.24) is 9.21 Å². The molecule has 2 heterocycles. The highest BCUT2D eigenvalue weighted by Gasteiger charge is 2.35. The molecule has 2 aromatic carbocycles. The van der Waals surface area contributed by atoms with Crippen molar-refractivity contribution in [2.75, 3.05) is 44.2 Å². The number of hydrogen-bond acceptors (Lipinski definition) is 4. The molecule has 190 valence electrons. The quantitative estimate of drug-likeness (QED) is 0.581. The van der Waals surface area contributed by atoms with Gasteiger partial charge in [0.1, 0.15) is 0 Å². The van der Waals surface area contributed by atoms with E-state index in [1.807, 2.05) is 4.90 Å². The van der Waals surface area contributed by atoms with Crippen LogP contribution in [0, 0.1) is 5.92 Å². The number of piperazine rings is 1. The Kier molecular flexibility index (Phi) is 7.63. The van der Waals surface area contributed by atoms with Gasteiger partial charge >= 0.3 is 6.18 Å². The van der Waals surface area contributed by atoms with Crippen molar-refractivity contribution < 1.29 is 26.4 Å². The summed E-state index contributed by atoms with van der Waals surface area (Å²) in [4.78, 5) is 16.6. The summed E-state index contributed by atoms with van der Waals surface area (Å²) >= 11 is 5.96. The van der Waals surface area contributed by atoms with Crippen LogP contribution in [0.4, 0.5) is 18.9 Å². The average molecular weight is 530 g/mol. The smallest absolute Gasteiger partial charge is 0.368 e. The zero-order valence-corrected chi connectivity index (χ0v) is 20.6. The lowest BCUT2D eigenvalue weighted by atomic mass is 9.96. The molecule has 0 aliphatic carbocycles. The van der Waals surface area contributed by atoms with Gasteiger partial charge in [-0.15, -0.1) is 0 Å². The predicted octanol–water partition coefficient (Wildman–Crippen LogP) is 4.25. The largest absolute Gasteiger partial charge is 0.416 e. The van der Waals surface area contributed by atoms with Gasteiger partial charge in [0.15, 0.2) is 0 Å². The van der Waals surface area contributed by atoms with Crippen LogP contribution in [0.15, 0.2) is 48.5 Å². The third-order valence-electron chi connectivity index (χ3n) is 6.56. The fraction of sp³-hybridized carbons (Fsp3) is 0.458. The van der Waals surface area contributed by atoms with Gasteiger partial charge in [-0.25, -0.2) is 12.7 Å². The van der Waals surface area contributed by atoms with Crippen molar-refractivity contribution in [2.24, 2.45) is 5.92 Å². The lowest BCUT2D eigenvalue weighted by Gasteiger charge is -2.39. The van der Waals surface area contributed by atoms with E-state index in [-0.39, 0.29) is 30.7 Å². The molecule has 0 radical (unpaired) electrons. The minimum atomic E-state index is -4.40. The molecule has 2 fully saturated rings. The van der Waals surface area contributed by atoms with Crippen LogP contribution in [0.3, 0.4) is 0 Å². The predicted molar refractivity (Wildman–Crippen MR) is 129 cm³/mol. The molecule has 0 saturated carbocycles. The van der Waals surface area contributed by atoms with Crippen molar-refractivity contribution in [3.63, 3.8) is 0 Å². The molecule has 2 aliphatic heterocycles. The summed E-state index contributed by atoms with van der Waals surface area (Å²) in [6.07, 6.45) is -3.51. The summed E-state index contributed by atoms with van der Waals surface area (Å²) in [6, 6.07) is 12.0. The van der Waals surface area contributed by atoms with Crippen molar-refractivity contribution >= 4 is 33.2 Å². The maximum Gasteiger partial charge on any atom is 0.416 e. The number of carbonyl (C=O) groups is 1. The molecule has 0 unspecified atom stereocenters. The average Bonchev–Trinajstić information content (AvgIpc) is 2.83. The Hall–Kier alpha value is -2.30. The van der Waals surface area contributed by atoms with E-state index in [1.54, 1.807) is 35.2 Å². The Bertz CT molecular complexity index is 1160. The molecule has 35 heavy (non-hydrogen) atoms. The number of amides is 1. The van der Waals surface area contributed by atoms with Gasteiger partial charge in [-0.3, -0.25) is 4.79 Å². The summed E-state index contributed by atoms with van der Waals surface area (Å²) in [7, 11) is -3.52. The number of sulfonamides is 1. The van der Waals surface area contributed by atoms with E-state index in [0.29, 0.717) is 55.3 Å². The molecule has 0 aromatic heterocycles. The van der Waals surface area contributed by atoms with Gasteiger partial charge in [0.05, 0.1) is 11.3 Å². The number of rotatable bonds is 5. The Balaban J connectivity index is 1.29. The lowest BCUT2D eigenvalue weighted by molar-refractivity contribution is -0.137. The van der Waals surface area contributed by atoms with Gasteiger partial charge in [-0.05, 0) is 48.7 Å². The number of alkyl halides is 3. The zero-order chi connectivity index (χ0) is 25.2. The molecular formula is C24H27ClF3N3O3S. The molecule has 11 heteroatoms. The maximum absolute atomic E-state index is 13.0. The molecule has 1 amide bonds. The molecule has 0 atom stereocenters. The van der Waals surface area contributed by atoms with Gasteiger partial charge in [0.25, 0.3) is 0 Å². The van der Waals surface area contributed by atoms with Crippen molar-refractivity contribution in [3.8, 4) is 0 Å². The van der Waals surface area contributed by atoms with E-state index in [2.05, 4.69) is 0 Å². The fourth-order valence-electron chi connectivity index (χ4n) is 4.63. The van der Waals surface area contributed by atoms with Gasteiger partial charge < -0.3 is 9.80 Å². The van der Waals surface area contributed by atoms with E-state index >= 15 is 0 Å². The summed E-state index contributed by atoms with van der Waals surface area (Å²) in [5.74, 6) is -0.405. The van der Waals surface area contributed by atoms with Crippen LogP contribution in [-0.2, 0) is 26.7 Å². The first kappa shape index (κ1) is 25.8. The second-order valence-electron chi connectivity index (χ2n) is 8.92. The summed E-state index contributed by atoms with van der Waals surface area (Å²) < 4.78 is 66.1. The molecule has 0 bridgehead atoms. The van der Waals surface area contributed by atoms with Gasteiger partial charge in [0.2, 0.25) is 15.9 Å². The van der Waals surface area contributed by atoms with Gasteiger partial charge in [-0.1, -0.05) is 29.8 Å². The fourth-order valence-corrected chi connectivity index (χ4v) is 6.40. The lowest BCUT2D eigenvalue weighted by Crippen LogP contribution is -2.52. The second kappa shape index (κ2) is 10.4. The van der Waals surface area contributed by atoms with Crippen molar-refractivity contribution in [1.29, 1.82) is 0 Å². The molecule has 0 spiro atoms. The van der Waals surface area contributed by atoms with Gasteiger partial charge in [0, 0.05) is 55.9 Å². The second-order valence-corrected chi connectivity index (χ2v) is 11.3. The minimum absolute atomic E-state index is 0.0134. The highest BCUT2D eigenvalue weighted by molar-refractivity contribution is 7.88. The number of nitrogens with zero attached hydrogens (tertiary/aromatic N) is 3. The van der Waals surface area contributed by atoms with Crippen LogP contribution in [0.1, 0.15) is 24.0 Å². The summed E-state index contributed by atoms with van der Waals surface area (Å²) in [5.41, 5.74) is 0.421. The summed E-state index contributed by atoms with van der Waals surface area (Å²) in [5, 5.41) is 0.482. The normalized spacial score (nSPS) is 18.6. The monoisotopic (exact) mass is 529 g/mol. The number of hydrogen-bond donors (Lipinski definition) is 0. The molecule has 2 saturated heterocycles. The molecular weight excluding hydrogens is 503 g/mol. The number of benzene rings is 2. The van der Waals surface area contributed by atoms with Crippen molar-refractivity contribution in [2.45, 2.75) is 24.8 Å². The molecule has 4 rings (SSSR count). The minimum Gasteiger partial charge on any atom is -0.368 e. The first-order valence-corrected chi connectivity index (χ1v) is 13.4. The highest BCUT2D eigenvalue weighted by Crippen LogP contribution is 2.32. The molecule has 6 nitrogen and oxygen atoms in total. The molecule has 0 N–H and O–H groups in total. The van der Waals surface area contributed by atoms with Crippen molar-refractivity contribution in [3.05, 3.63) is 64.7 Å². The topological polar surface area (TPSA) is 60.9 Å². The Morgan fingerprint density at radius 2 is 1.60 bits per heavy atom.